The molecule has 0 spiro atoms. The molecule has 0 aromatic heterocycles. The van der Waals surface area contributed by atoms with Crippen LogP contribution in [0.5, 0.6) is 0 Å². The van der Waals surface area contributed by atoms with Crippen LogP contribution in [-0.2, 0) is 16.1 Å². The minimum absolute atomic E-state index is 0.0446. The summed E-state index contributed by atoms with van der Waals surface area (Å²) < 4.78 is 25.3. The number of carbonyl (C=O) groups is 1. The molecule has 2 aromatic rings. The van der Waals surface area contributed by atoms with E-state index in [4.69, 9.17) is 21.1 Å². The molecule has 1 aliphatic rings. The zero-order chi connectivity index (χ0) is 17.6. The van der Waals surface area contributed by atoms with Crippen LogP contribution in [0.15, 0.2) is 48.5 Å². The highest BCUT2D eigenvalue weighted by Crippen LogP contribution is 2.17. The lowest BCUT2D eigenvalue weighted by atomic mass is 10.1. The van der Waals surface area contributed by atoms with E-state index < -0.39 is 11.7 Å². The molecular weight excluding hydrogens is 345 g/mol. The van der Waals surface area contributed by atoms with E-state index in [1.54, 1.807) is 0 Å². The van der Waals surface area contributed by atoms with Gasteiger partial charge in [0, 0.05) is 11.6 Å². The zero-order valence-electron chi connectivity index (χ0n) is 13.6. The summed E-state index contributed by atoms with van der Waals surface area (Å²) >= 11 is 5.72. The summed E-state index contributed by atoms with van der Waals surface area (Å²) in [6, 6.07) is 13.5. The lowest BCUT2D eigenvalue weighted by Gasteiger charge is -2.32. The summed E-state index contributed by atoms with van der Waals surface area (Å²) in [7, 11) is 0. The Kier molecular flexibility index (Phi) is 6.02. The number of hydrogen-bond acceptors (Lipinski definition) is 3. The molecule has 2 aromatic carbocycles. The first kappa shape index (κ1) is 17.9. The van der Waals surface area contributed by atoms with Crippen molar-refractivity contribution in [3.05, 3.63) is 70.5 Å². The quantitative estimate of drug-likeness (QED) is 0.883. The van der Waals surface area contributed by atoms with Gasteiger partial charge in [-0.15, -0.1) is 0 Å². The highest BCUT2D eigenvalue weighted by Gasteiger charge is 2.29. The van der Waals surface area contributed by atoms with Crippen molar-refractivity contribution in [2.24, 2.45) is 0 Å². The summed E-state index contributed by atoms with van der Waals surface area (Å²) in [4.78, 5) is 12.4. The first-order valence-electron chi connectivity index (χ1n) is 8.12. The van der Waals surface area contributed by atoms with Gasteiger partial charge in [0.2, 0.25) is 0 Å². The van der Waals surface area contributed by atoms with E-state index in [0.717, 1.165) is 11.6 Å². The van der Waals surface area contributed by atoms with Gasteiger partial charge in [0.15, 0.2) is 0 Å². The van der Waals surface area contributed by atoms with Gasteiger partial charge in [0.05, 0.1) is 30.9 Å². The second-order valence-electron chi connectivity index (χ2n) is 5.90. The summed E-state index contributed by atoms with van der Waals surface area (Å²) in [6.07, 6.45) is 0.481. The van der Waals surface area contributed by atoms with Crippen LogP contribution in [0.3, 0.4) is 0 Å². The van der Waals surface area contributed by atoms with Gasteiger partial charge in [-0.25, -0.2) is 4.39 Å². The van der Waals surface area contributed by atoms with Gasteiger partial charge in [-0.1, -0.05) is 41.9 Å². The van der Waals surface area contributed by atoms with Crippen LogP contribution in [0.2, 0.25) is 5.02 Å². The Morgan fingerprint density at radius 2 is 2.08 bits per heavy atom. The van der Waals surface area contributed by atoms with Crippen molar-refractivity contribution in [2.75, 3.05) is 13.2 Å². The fourth-order valence-electron chi connectivity index (χ4n) is 2.75. The van der Waals surface area contributed by atoms with E-state index in [1.165, 1.54) is 12.1 Å². The molecule has 1 heterocycles. The Morgan fingerprint density at radius 1 is 1.28 bits per heavy atom. The molecular formula is C19H19ClFNO3. The summed E-state index contributed by atoms with van der Waals surface area (Å²) in [5.41, 5.74) is 1.01. The molecule has 2 atom stereocenters. The third-order valence-corrected chi connectivity index (χ3v) is 4.33. The Balaban J connectivity index is 1.63. The third kappa shape index (κ3) is 4.78. The third-order valence-electron chi connectivity index (χ3n) is 4.09. The molecule has 4 nitrogen and oxygen atoms in total. The SMILES string of the molecule is O=C(N[C@@H]1COCC[C@@H]1OCc1ccccc1)c1ccc(Cl)cc1F. The maximum absolute atomic E-state index is 13.9. The number of ether oxygens (including phenoxy) is 2. The summed E-state index contributed by atoms with van der Waals surface area (Å²) in [6.45, 7) is 1.36. The van der Waals surface area contributed by atoms with Crippen molar-refractivity contribution in [1.82, 2.24) is 5.32 Å². The standard InChI is InChI=1S/C19H19ClFNO3/c20-14-6-7-15(16(21)10-14)19(23)22-17-12-24-9-8-18(17)25-11-13-4-2-1-3-5-13/h1-7,10,17-18H,8-9,11-12H2,(H,22,23)/t17-,18+/m1/s1. The van der Waals surface area contributed by atoms with E-state index in [2.05, 4.69) is 5.32 Å². The zero-order valence-corrected chi connectivity index (χ0v) is 14.3. The van der Waals surface area contributed by atoms with Crippen LogP contribution in [0.4, 0.5) is 4.39 Å². The number of halogens is 2. The Bertz CT molecular complexity index is 726. The monoisotopic (exact) mass is 363 g/mol. The molecule has 1 fully saturated rings. The van der Waals surface area contributed by atoms with E-state index in [1.807, 2.05) is 30.3 Å². The van der Waals surface area contributed by atoms with Crippen molar-refractivity contribution < 1.29 is 18.7 Å². The minimum atomic E-state index is -0.650. The van der Waals surface area contributed by atoms with Crippen LogP contribution in [0.25, 0.3) is 0 Å². The largest absolute Gasteiger partial charge is 0.379 e. The maximum atomic E-state index is 13.9. The molecule has 0 unspecified atom stereocenters. The predicted octanol–water partition coefficient (Wildman–Crippen LogP) is 3.58. The highest BCUT2D eigenvalue weighted by atomic mass is 35.5. The lowest BCUT2D eigenvalue weighted by molar-refractivity contribution is -0.0605. The van der Waals surface area contributed by atoms with Crippen molar-refractivity contribution in [3.8, 4) is 0 Å². The van der Waals surface area contributed by atoms with Gasteiger partial charge >= 0.3 is 0 Å². The molecule has 132 valence electrons. The van der Waals surface area contributed by atoms with Gasteiger partial charge in [-0.05, 0) is 30.2 Å². The number of benzene rings is 2. The molecule has 0 aliphatic carbocycles. The normalized spacial score (nSPS) is 20.2. The van der Waals surface area contributed by atoms with Gasteiger partial charge < -0.3 is 14.8 Å². The van der Waals surface area contributed by atoms with Gasteiger partial charge in [-0.2, -0.15) is 0 Å². The molecule has 1 aliphatic heterocycles. The van der Waals surface area contributed by atoms with Crippen molar-refractivity contribution in [1.29, 1.82) is 0 Å². The first-order valence-corrected chi connectivity index (χ1v) is 8.50. The van der Waals surface area contributed by atoms with Crippen molar-refractivity contribution in [3.63, 3.8) is 0 Å². The number of hydrogen-bond donors (Lipinski definition) is 1. The first-order chi connectivity index (χ1) is 12.1. The smallest absolute Gasteiger partial charge is 0.254 e. The molecule has 6 heteroatoms. The molecule has 25 heavy (non-hydrogen) atoms. The van der Waals surface area contributed by atoms with Crippen LogP contribution in [0, 0.1) is 5.82 Å². The molecule has 1 amide bonds. The molecule has 3 rings (SSSR count). The van der Waals surface area contributed by atoms with Crippen LogP contribution >= 0.6 is 11.6 Å². The van der Waals surface area contributed by atoms with Crippen LogP contribution in [0.1, 0.15) is 22.3 Å². The van der Waals surface area contributed by atoms with E-state index in [-0.39, 0.29) is 22.7 Å². The predicted molar refractivity (Wildman–Crippen MR) is 93.1 cm³/mol. The lowest BCUT2D eigenvalue weighted by Crippen LogP contribution is -2.50. The van der Waals surface area contributed by atoms with Gasteiger partial charge in [0.25, 0.3) is 5.91 Å². The van der Waals surface area contributed by atoms with Gasteiger partial charge in [-0.3, -0.25) is 4.79 Å². The van der Waals surface area contributed by atoms with E-state index >= 15 is 0 Å². The molecule has 1 N–H and O–H groups in total. The molecule has 0 bridgehead atoms. The average molecular weight is 364 g/mol. The Labute approximate surface area is 150 Å². The molecule has 0 radical (unpaired) electrons. The second kappa shape index (κ2) is 8.43. The molecule has 0 saturated carbocycles. The second-order valence-corrected chi connectivity index (χ2v) is 6.34. The topological polar surface area (TPSA) is 47.6 Å². The van der Waals surface area contributed by atoms with Gasteiger partial charge in [0.1, 0.15) is 5.82 Å². The van der Waals surface area contributed by atoms with Crippen LogP contribution in [-0.4, -0.2) is 31.3 Å². The fraction of sp³-hybridized carbons (Fsp3) is 0.316. The fourth-order valence-corrected chi connectivity index (χ4v) is 2.91. The highest BCUT2D eigenvalue weighted by molar-refractivity contribution is 6.30. The number of rotatable bonds is 5. The Morgan fingerprint density at radius 3 is 2.84 bits per heavy atom. The number of nitrogens with one attached hydrogen (secondary N) is 1. The number of carbonyl (C=O) groups excluding carboxylic acids is 1. The van der Waals surface area contributed by atoms with Crippen LogP contribution < -0.4 is 5.32 Å². The maximum Gasteiger partial charge on any atom is 0.254 e. The van der Waals surface area contributed by atoms with E-state index in [9.17, 15) is 9.18 Å². The van der Waals surface area contributed by atoms with E-state index in [0.29, 0.717) is 26.2 Å². The van der Waals surface area contributed by atoms with Crippen molar-refractivity contribution >= 4 is 17.5 Å². The molecule has 1 saturated heterocycles. The summed E-state index contributed by atoms with van der Waals surface area (Å²) in [5, 5.41) is 3.06. The van der Waals surface area contributed by atoms with Crippen molar-refractivity contribution in [2.45, 2.75) is 25.2 Å². The average Bonchev–Trinajstić information content (AvgIpc) is 2.61. The summed E-state index contributed by atoms with van der Waals surface area (Å²) in [5.74, 6) is -1.15. The minimum Gasteiger partial charge on any atom is -0.379 e. The number of amides is 1. The Hall–Kier alpha value is -1.95.